The van der Waals surface area contributed by atoms with Crippen LogP contribution in [-0.4, -0.2) is 21.6 Å². The van der Waals surface area contributed by atoms with Crippen molar-refractivity contribution in [2.45, 2.75) is 31.7 Å². The summed E-state index contributed by atoms with van der Waals surface area (Å²) in [7, 11) is 0. The molecule has 4 rings (SSSR count). The van der Waals surface area contributed by atoms with Gasteiger partial charge in [-0.15, -0.1) is 0 Å². The first-order chi connectivity index (χ1) is 15.1. The Morgan fingerprint density at radius 1 is 0.871 bits per heavy atom. The molecular formula is C26H25N3OS. The molecule has 0 radical (unpaired) electrons. The van der Waals surface area contributed by atoms with E-state index in [1.54, 1.807) is 0 Å². The Labute approximate surface area is 187 Å². The van der Waals surface area contributed by atoms with Crippen LogP contribution < -0.4 is 5.32 Å². The maximum atomic E-state index is 12.5. The minimum absolute atomic E-state index is 0.0505. The largest absolute Gasteiger partial charge is 0.325 e. The summed E-state index contributed by atoms with van der Waals surface area (Å²) in [6, 6.07) is 24.3. The molecule has 1 aromatic heterocycles. The van der Waals surface area contributed by atoms with Crippen LogP contribution >= 0.6 is 11.8 Å². The minimum Gasteiger partial charge on any atom is -0.325 e. The maximum absolute atomic E-state index is 12.5. The van der Waals surface area contributed by atoms with Crippen LogP contribution in [0.5, 0.6) is 0 Å². The number of aryl methyl sites for hydroxylation is 2. The van der Waals surface area contributed by atoms with E-state index in [-0.39, 0.29) is 11.7 Å². The Morgan fingerprint density at radius 3 is 2.19 bits per heavy atom. The number of hydrogen-bond acceptors (Lipinski definition) is 4. The topological polar surface area (TPSA) is 54.9 Å². The third-order valence-corrected chi connectivity index (χ3v) is 6.09. The lowest BCUT2D eigenvalue weighted by molar-refractivity contribution is -0.113. The van der Waals surface area contributed by atoms with Crippen LogP contribution in [0.3, 0.4) is 0 Å². The van der Waals surface area contributed by atoms with E-state index in [1.807, 2.05) is 48.5 Å². The minimum atomic E-state index is -0.0505. The van der Waals surface area contributed by atoms with Crippen molar-refractivity contribution in [2.75, 3.05) is 11.1 Å². The lowest BCUT2D eigenvalue weighted by atomic mass is 10.1. The number of rotatable bonds is 7. The number of hydrogen-bond donors (Lipinski definition) is 1. The van der Waals surface area contributed by atoms with E-state index in [0.717, 1.165) is 33.9 Å². The summed E-state index contributed by atoms with van der Waals surface area (Å²) in [5, 5.41) is 3.77. The number of thioether (sulfide) groups is 1. The number of nitrogens with zero attached hydrogens (tertiary/aromatic N) is 2. The molecule has 0 saturated carbocycles. The number of anilines is 1. The van der Waals surface area contributed by atoms with Crippen LogP contribution in [-0.2, 0) is 17.6 Å². The monoisotopic (exact) mass is 427 g/mol. The fourth-order valence-electron chi connectivity index (χ4n) is 3.31. The molecule has 0 bridgehead atoms. The van der Waals surface area contributed by atoms with E-state index in [9.17, 15) is 4.79 Å². The predicted molar refractivity (Wildman–Crippen MR) is 129 cm³/mol. The van der Waals surface area contributed by atoms with Crippen molar-refractivity contribution in [2.24, 2.45) is 0 Å². The summed E-state index contributed by atoms with van der Waals surface area (Å²) in [6.45, 7) is 4.19. The van der Waals surface area contributed by atoms with Gasteiger partial charge in [0.1, 0.15) is 5.03 Å². The highest BCUT2D eigenvalue weighted by Gasteiger charge is 2.13. The second kappa shape index (κ2) is 9.75. The van der Waals surface area contributed by atoms with Crippen molar-refractivity contribution in [3.63, 3.8) is 0 Å². The summed E-state index contributed by atoms with van der Waals surface area (Å²) < 4.78 is 0. The Bertz CT molecular complexity index is 1190. The molecule has 0 spiro atoms. The summed E-state index contributed by atoms with van der Waals surface area (Å²) in [5.41, 5.74) is 7.08. The molecule has 0 unspecified atom stereocenters. The number of para-hydroxylation sites is 2. The highest BCUT2D eigenvalue weighted by atomic mass is 32.2. The molecule has 0 atom stereocenters. The third-order valence-electron chi connectivity index (χ3n) is 5.08. The molecule has 156 valence electrons. The van der Waals surface area contributed by atoms with Crippen molar-refractivity contribution in [3.05, 3.63) is 95.2 Å². The Kier molecular flexibility index (Phi) is 6.63. The molecule has 0 aliphatic heterocycles. The molecule has 0 aliphatic rings. The molecule has 4 aromatic rings. The molecule has 1 heterocycles. The number of carbonyl (C=O) groups excluding carboxylic acids is 1. The summed E-state index contributed by atoms with van der Waals surface area (Å²) in [4.78, 5) is 22.2. The van der Waals surface area contributed by atoms with E-state index in [2.05, 4.69) is 43.4 Å². The molecular weight excluding hydrogens is 402 g/mol. The number of fused-ring (bicyclic) bond motifs is 1. The van der Waals surface area contributed by atoms with Gasteiger partial charge in [0, 0.05) is 12.1 Å². The fraction of sp³-hybridized carbons (Fsp3) is 0.192. The Hall–Kier alpha value is -3.18. The highest BCUT2D eigenvalue weighted by Crippen LogP contribution is 2.25. The van der Waals surface area contributed by atoms with Crippen LogP contribution in [0.4, 0.5) is 5.69 Å². The molecule has 3 aromatic carbocycles. The first-order valence-electron chi connectivity index (χ1n) is 10.4. The Balaban J connectivity index is 1.52. The van der Waals surface area contributed by atoms with E-state index in [1.165, 1.54) is 28.5 Å². The zero-order valence-corrected chi connectivity index (χ0v) is 18.6. The third kappa shape index (κ3) is 5.50. The van der Waals surface area contributed by atoms with Gasteiger partial charge in [-0.3, -0.25) is 4.79 Å². The van der Waals surface area contributed by atoms with E-state index in [0.29, 0.717) is 6.42 Å². The van der Waals surface area contributed by atoms with Gasteiger partial charge >= 0.3 is 0 Å². The lowest BCUT2D eigenvalue weighted by Gasteiger charge is -2.10. The normalized spacial score (nSPS) is 10.9. The summed E-state index contributed by atoms with van der Waals surface area (Å²) in [6.07, 6.45) is 1.66. The smallest absolute Gasteiger partial charge is 0.234 e. The van der Waals surface area contributed by atoms with Gasteiger partial charge in [-0.05, 0) is 48.7 Å². The maximum Gasteiger partial charge on any atom is 0.234 e. The van der Waals surface area contributed by atoms with Gasteiger partial charge in [-0.1, -0.05) is 72.8 Å². The predicted octanol–water partition coefficient (Wildman–Crippen LogP) is 5.82. The van der Waals surface area contributed by atoms with Crippen molar-refractivity contribution < 1.29 is 4.79 Å². The fourth-order valence-corrected chi connectivity index (χ4v) is 4.09. The van der Waals surface area contributed by atoms with Gasteiger partial charge < -0.3 is 5.32 Å². The quantitative estimate of drug-likeness (QED) is 0.378. The van der Waals surface area contributed by atoms with Crippen LogP contribution in [0.1, 0.15) is 29.3 Å². The molecule has 1 N–H and O–H groups in total. The highest BCUT2D eigenvalue weighted by molar-refractivity contribution is 8.00. The van der Waals surface area contributed by atoms with Crippen LogP contribution in [0, 0.1) is 6.92 Å². The van der Waals surface area contributed by atoms with Crippen LogP contribution in [0.25, 0.3) is 11.0 Å². The van der Waals surface area contributed by atoms with Gasteiger partial charge in [0.15, 0.2) is 0 Å². The second-order valence-corrected chi connectivity index (χ2v) is 8.48. The van der Waals surface area contributed by atoms with Gasteiger partial charge in [0.05, 0.1) is 22.5 Å². The number of benzene rings is 3. The number of amides is 1. The molecule has 0 saturated heterocycles. The van der Waals surface area contributed by atoms with Crippen molar-refractivity contribution in [1.29, 1.82) is 0 Å². The Morgan fingerprint density at radius 2 is 1.52 bits per heavy atom. The zero-order valence-electron chi connectivity index (χ0n) is 17.8. The average molecular weight is 428 g/mol. The summed E-state index contributed by atoms with van der Waals surface area (Å²) >= 11 is 1.43. The van der Waals surface area contributed by atoms with Crippen LogP contribution in [0.2, 0.25) is 0 Å². The number of carbonyl (C=O) groups is 1. The molecule has 4 nitrogen and oxygen atoms in total. The zero-order chi connectivity index (χ0) is 21.6. The first kappa shape index (κ1) is 21.1. The SMILES string of the molecule is CCc1ccc(NC(=O)CSc2nc3ccccc3nc2Cc2ccc(C)cc2)cc1. The van der Waals surface area contributed by atoms with Gasteiger partial charge in [-0.25, -0.2) is 9.97 Å². The number of aromatic nitrogens is 2. The van der Waals surface area contributed by atoms with Crippen molar-refractivity contribution in [3.8, 4) is 0 Å². The van der Waals surface area contributed by atoms with Crippen molar-refractivity contribution in [1.82, 2.24) is 9.97 Å². The van der Waals surface area contributed by atoms with Gasteiger partial charge in [0.25, 0.3) is 0 Å². The second-order valence-electron chi connectivity index (χ2n) is 7.51. The molecule has 5 heteroatoms. The lowest BCUT2D eigenvalue weighted by Crippen LogP contribution is -2.14. The van der Waals surface area contributed by atoms with Crippen LogP contribution in [0.15, 0.2) is 77.8 Å². The molecule has 1 amide bonds. The first-order valence-corrected chi connectivity index (χ1v) is 11.4. The average Bonchev–Trinajstić information content (AvgIpc) is 2.79. The molecule has 0 aliphatic carbocycles. The molecule has 31 heavy (non-hydrogen) atoms. The molecule has 0 fully saturated rings. The van der Waals surface area contributed by atoms with E-state index >= 15 is 0 Å². The summed E-state index contributed by atoms with van der Waals surface area (Å²) in [5.74, 6) is 0.231. The van der Waals surface area contributed by atoms with Gasteiger partial charge in [-0.2, -0.15) is 0 Å². The van der Waals surface area contributed by atoms with E-state index < -0.39 is 0 Å². The van der Waals surface area contributed by atoms with Crippen molar-refractivity contribution >= 4 is 34.4 Å². The standard InChI is InChI=1S/C26H25N3OS/c1-3-19-12-14-21(15-13-19)27-25(30)17-31-26-24(16-20-10-8-18(2)9-11-20)28-22-6-4-5-7-23(22)29-26/h4-15H,3,16-17H2,1-2H3,(H,27,30). The van der Waals surface area contributed by atoms with E-state index in [4.69, 9.17) is 9.97 Å². The number of nitrogens with one attached hydrogen (secondary N) is 1. The van der Waals surface area contributed by atoms with Gasteiger partial charge in [0.2, 0.25) is 5.91 Å².